The number of nitrogens with zero attached hydrogens (tertiary/aromatic N) is 1. The smallest absolute Gasteiger partial charge is 0.255 e. The third kappa shape index (κ3) is 3.19. The Balaban J connectivity index is 2.24. The van der Waals surface area contributed by atoms with E-state index in [-0.39, 0.29) is 10.9 Å². The molecule has 0 radical (unpaired) electrons. The van der Waals surface area contributed by atoms with Crippen LogP contribution in [-0.4, -0.2) is 15.9 Å². The highest BCUT2D eigenvalue weighted by Gasteiger charge is 2.09. The number of carbonyl (C=O) groups excluding carboxylic acids is 1. The number of aryl methyl sites for hydroxylation is 2. The van der Waals surface area contributed by atoms with Crippen molar-refractivity contribution >= 4 is 28.8 Å². The maximum absolute atomic E-state index is 12.2. The number of benzene rings is 1. The second kappa shape index (κ2) is 5.79. The van der Waals surface area contributed by atoms with Crippen LogP contribution in [0, 0.1) is 13.8 Å². The fourth-order valence-electron chi connectivity index (χ4n) is 1.83. The summed E-state index contributed by atoms with van der Waals surface area (Å²) in [5, 5.41) is 2.83. The summed E-state index contributed by atoms with van der Waals surface area (Å²) < 4.78 is 0. The van der Waals surface area contributed by atoms with Gasteiger partial charge in [-0.05, 0) is 38.1 Å². The van der Waals surface area contributed by atoms with Gasteiger partial charge in [-0.2, -0.15) is 0 Å². The first kappa shape index (κ1) is 14.1. The van der Waals surface area contributed by atoms with Gasteiger partial charge < -0.3 is 11.1 Å². The van der Waals surface area contributed by atoms with Crippen molar-refractivity contribution in [2.75, 3.05) is 5.32 Å². The molecule has 0 saturated carbocycles. The maximum Gasteiger partial charge on any atom is 0.255 e. The molecular weight excluding hydrogens is 270 g/mol. The van der Waals surface area contributed by atoms with Crippen molar-refractivity contribution in [3.63, 3.8) is 0 Å². The number of hydrogen-bond donors (Lipinski definition) is 2. The fourth-order valence-corrected chi connectivity index (χ4v) is 1.95. The third-order valence-corrected chi connectivity index (χ3v) is 3.12. The van der Waals surface area contributed by atoms with E-state index in [1.165, 1.54) is 0 Å². The van der Waals surface area contributed by atoms with Crippen molar-refractivity contribution < 1.29 is 4.79 Å². The molecule has 1 aromatic carbocycles. The van der Waals surface area contributed by atoms with Crippen molar-refractivity contribution in [3.8, 4) is 0 Å². The molecule has 0 fully saturated rings. The molecule has 5 heteroatoms. The zero-order valence-electron chi connectivity index (χ0n) is 11.3. The van der Waals surface area contributed by atoms with Crippen LogP contribution in [0.1, 0.15) is 27.3 Å². The van der Waals surface area contributed by atoms with Crippen LogP contribution in [-0.2, 0) is 0 Å². The van der Waals surface area contributed by atoms with E-state index >= 15 is 0 Å². The number of aromatic nitrogens is 1. The molecule has 0 bridgehead atoms. The molecule has 1 aromatic heterocycles. The van der Waals surface area contributed by atoms with Crippen LogP contribution in [0.5, 0.6) is 0 Å². The van der Waals surface area contributed by atoms with Crippen molar-refractivity contribution in [1.82, 2.24) is 4.98 Å². The predicted molar refractivity (Wildman–Crippen MR) is 84.0 cm³/mol. The van der Waals surface area contributed by atoms with E-state index in [4.69, 9.17) is 18.0 Å². The number of carbonyl (C=O) groups is 1. The molecule has 0 unspecified atom stereocenters. The van der Waals surface area contributed by atoms with Gasteiger partial charge in [0.1, 0.15) is 4.99 Å². The first-order chi connectivity index (χ1) is 9.47. The van der Waals surface area contributed by atoms with Crippen LogP contribution in [0.3, 0.4) is 0 Å². The molecule has 1 amide bonds. The van der Waals surface area contributed by atoms with E-state index in [1.807, 2.05) is 26.0 Å². The van der Waals surface area contributed by atoms with E-state index in [0.717, 1.165) is 11.4 Å². The van der Waals surface area contributed by atoms with Gasteiger partial charge in [0.15, 0.2) is 0 Å². The quantitative estimate of drug-likeness (QED) is 0.851. The van der Waals surface area contributed by atoms with Crippen LogP contribution in [0.15, 0.2) is 36.4 Å². The van der Waals surface area contributed by atoms with Gasteiger partial charge in [-0.1, -0.05) is 24.4 Å². The van der Waals surface area contributed by atoms with Crippen molar-refractivity contribution in [2.45, 2.75) is 13.8 Å². The Morgan fingerprint density at radius 3 is 2.55 bits per heavy atom. The fraction of sp³-hybridized carbons (Fsp3) is 0.133. The summed E-state index contributed by atoms with van der Waals surface area (Å²) in [5.41, 5.74) is 9.14. The highest BCUT2D eigenvalue weighted by molar-refractivity contribution is 7.80. The second-order valence-corrected chi connectivity index (χ2v) is 4.92. The topological polar surface area (TPSA) is 68.0 Å². The van der Waals surface area contributed by atoms with Crippen LogP contribution in [0.25, 0.3) is 0 Å². The number of nitrogens with one attached hydrogen (secondary N) is 1. The summed E-state index contributed by atoms with van der Waals surface area (Å²) >= 11 is 4.91. The molecule has 0 aliphatic carbocycles. The van der Waals surface area contributed by atoms with Crippen molar-refractivity contribution in [2.24, 2.45) is 5.73 Å². The Hall–Kier alpha value is -2.27. The molecule has 20 heavy (non-hydrogen) atoms. The van der Waals surface area contributed by atoms with E-state index in [9.17, 15) is 4.79 Å². The van der Waals surface area contributed by atoms with Crippen LogP contribution >= 0.6 is 12.2 Å². The van der Waals surface area contributed by atoms with E-state index in [0.29, 0.717) is 16.8 Å². The average Bonchev–Trinajstić information content (AvgIpc) is 2.42. The summed E-state index contributed by atoms with van der Waals surface area (Å²) in [5.74, 6) is -0.211. The monoisotopic (exact) mass is 285 g/mol. The van der Waals surface area contributed by atoms with Gasteiger partial charge in [0.25, 0.3) is 5.91 Å². The lowest BCUT2D eigenvalue weighted by molar-refractivity contribution is 0.102. The maximum atomic E-state index is 12.2. The standard InChI is InChI=1S/C15H15N3OS/c1-9-6-7-13(10(2)17-9)18-15(19)12-5-3-4-11(8-12)14(16)20/h3-8H,1-2H3,(H2,16,20)(H,18,19). The number of thiocarbonyl (C=S) groups is 1. The molecule has 3 N–H and O–H groups in total. The first-order valence-electron chi connectivity index (χ1n) is 6.13. The number of hydrogen-bond acceptors (Lipinski definition) is 3. The number of anilines is 1. The van der Waals surface area contributed by atoms with Crippen LogP contribution in [0.2, 0.25) is 0 Å². The summed E-state index contributed by atoms with van der Waals surface area (Å²) in [6.45, 7) is 3.76. The first-order valence-corrected chi connectivity index (χ1v) is 6.53. The van der Waals surface area contributed by atoms with Gasteiger partial charge in [-0.15, -0.1) is 0 Å². The van der Waals surface area contributed by atoms with Gasteiger partial charge in [0, 0.05) is 16.8 Å². The molecule has 102 valence electrons. The second-order valence-electron chi connectivity index (χ2n) is 4.48. The summed E-state index contributed by atoms with van der Waals surface area (Å²) in [7, 11) is 0. The van der Waals surface area contributed by atoms with Crippen LogP contribution in [0.4, 0.5) is 5.69 Å². The molecule has 1 heterocycles. The Labute approximate surface area is 123 Å². The highest BCUT2D eigenvalue weighted by Crippen LogP contribution is 2.14. The molecule has 0 saturated heterocycles. The van der Waals surface area contributed by atoms with Gasteiger partial charge in [0.2, 0.25) is 0 Å². The Morgan fingerprint density at radius 1 is 1.20 bits per heavy atom. The molecule has 4 nitrogen and oxygen atoms in total. The third-order valence-electron chi connectivity index (χ3n) is 2.88. The van der Waals surface area contributed by atoms with Crippen molar-refractivity contribution in [3.05, 3.63) is 58.9 Å². The number of rotatable bonds is 3. The SMILES string of the molecule is Cc1ccc(NC(=O)c2cccc(C(N)=S)c2)c(C)n1. The number of nitrogens with two attached hydrogens (primary N) is 1. The lowest BCUT2D eigenvalue weighted by atomic mass is 10.1. The Morgan fingerprint density at radius 2 is 1.90 bits per heavy atom. The minimum Gasteiger partial charge on any atom is -0.389 e. The lowest BCUT2D eigenvalue weighted by Crippen LogP contribution is -2.15. The summed E-state index contributed by atoms with van der Waals surface area (Å²) in [6, 6.07) is 10.6. The van der Waals surface area contributed by atoms with Crippen LogP contribution < -0.4 is 11.1 Å². The lowest BCUT2D eigenvalue weighted by Gasteiger charge is -2.09. The molecule has 0 aliphatic rings. The van der Waals surface area contributed by atoms with Crippen molar-refractivity contribution in [1.29, 1.82) is 0 Å². The largest absolute Gasteiger partial charge is 0.389 e. The van der Waals surface area contributed by atoms with Gasteiger partial charge >= 0.3 is 0 Å². The Bertz CT molecular complexity index is 683. The predicted octanol–water partition coefficient (Wildman–Crippen LogP) is 2.58. The summed E-state index contributed by atoms with van der Waals surface area (Å²) in [6.07, 6.45) is 0. The summed E-state index contributed by atoms with van der Waals surface area (Å²) in [4.78, 5) is 16.8. The molecule has 2 rings (SSSR count). The number of pyridine rings is 1. The highest BCUT2D eigenvalue weighted by atomic mass is 32.1. The zero-order valence-corrected chi connectivity index (χ0v) is 12.1. The minimum absolute atomic E-state index is 0.211. The molecule has 0 aliphatic heterocycles. The molecule has 2 aromatic rings. The normalized spacial score (nSPS) is 10.1. The van der Waals surface area contributed by atoms with E-state index in [2.05, 4.69) is 10.3 Å². The average molecular weight is 285 g/mol. The Kier molecular flexibility index (Phi) is 4.10. The van der Waals surface area contributed by atoms with Gasteiger partial charge in [-0.25, -0.2) is 0 Å². The molecule has 0 atom stereocenters. The molecular formula is C15H15N3OS. The minimum atomic E-state index is -0.211. The number of amides is 1. The van der Waals surface area contributed by atoms with E-state index in [1.54, 1.807) is 24.3 Å². The molecule has 0 spiro atoms. The van der Waals surface area contributed by atoms with Gasteiger partial charge in [0.05, 0.1) is 11.4 Å². The van der Waals surface area contributed by atoms with E-state index < -0.39 is 0 Å². The zero-order chi connectivity index (χ0) is 14.7. The van der Waals surface area contributed by atoms with Gasteiger partial charge in [-0.3, -0.25) is 9.78 Å².